The first-order valence-electron chi connectivity index (χ1n) is 28.5. The molecule has 2 aromatic carbocycles. The van der Waals surface area contributed by atoms with E-state index >= 15 is 0 Å². The maximum atomic E-state index is 13.0. The van der Waals surface area contributed by atoms with Gasteiger partial charge in [0.15, 0.2) is 0 Å². The lowest BCUT2D eigenvalue weighted by Gasteiger charge is -2.58. The highest BCUT2D eigenvalue weighted by molar-refractivity contribution is 7.19. The van der Waals surface area contributed by atoms with Gasteiger partial charge in [-0.3, -0.25) is 4.79 Å². The van der Waals surface area contributed by atoms with Crippen molar-refractivity contribution in [2.75, 3.05) is 13.2 Å². The van der Waals surface area contributed by atoms with Crippen LogP contribution in [0.25, 0.3) is 10.4 Å². The molecular weight excluding hydrogens is 867 g/mol. The predicted molar refractivity (Wildman–Crippen MR) is 292 cm³/mol. The van der Waals surface area contributed by atoms with Crippen LogP contribution in [0.1, 0.15) is 214 Å². The number of thiophene rings is 1. The summed E-state index contributed by atoms with van der Waals surface area (Å²) in [5, 5.41) is 0.992. The van der Waals surface area contributed by atoms with Crippen LogP contribution in [0.3, 0.4) is 0 Å². The van der Waals surface area contributed by atoms with Crippen molar-refractivity contribution in [2.24, 2.45) is 51.3 Å². The first-order valence-corrected chi connectivity index (χ1v) is 29.4. The molecule has 3 fully saturated rings. The Labute approximate surface area is 424 Å². The monoisotopic (exact) mass is 960 g/mol. The zero-order valence-corrected chi connectivity index (χ0v) is 45.1. The topological polar surface area (TPSA) is 57.1 Å². The molecule has 1 unspecified atom stereocenters. The molecular formula is C63H93NO4S. The summed E-state index contributed by atoms with van der Waals surface area (Å²) in [6.07, 6.45) is 36.5. The highest BCUT2D eigenvalue weighted by Crippen LogP contribution is 2.67. The summed E-state index contributed by atoms with van der Waals surface area (Å²) in [4.78, 5) is 19.0. The highest BCUT2D eigenvalue weighted by atomic mass is 32.1. The molecule has 8 atom stereocenters. The average molecular weight is 961 g/mol. The third-order valence-electron chi connectivity index (χ3n) is 17.8. The molecule has 0 radical (unpaired) electrons. The molecule has 3 aromatic rings. The summed E-state index contributed by atoms with van der Waals surface area (Å²) in [7, 11) is 0. The summed E-state index contributed by atoms with van der Waals surface area (Å²) < 4.78 is 18.2. The number of carbonyl (C=O) groups excluding carboxylic acids is 1. The molecule has 0 bridgehead atoms. The lowest BCUT2D eigenvalue weighted by molar-refractivity contribution is -0.151. The normalized spacial score (nSPS) is 25.8. The largest absolute Gasteiger partial charge is 0.494 e. The van der Waals surface area contributed by atoms with Crippen molar-refractivity contribution in [3.8, 4) is 21.9 Å². The minimum absolute atomic E-state index is 0.0309. The van der Waals surface area contributed by atoms with Crippen molar-refractivity contribution < 1.29 is 19.0 Å². The fourth-order valence-corrected chi connectivity index (χ4v) is 14.6. The van der Waals surface area contributed by atoms with E-state index in [0.717, 1.165) is 109 Å². The van der Waals surface area contributed by atoms with Crippen LogP contribution in [0.15, 0.2) is 77.3 Å². The predicted octanol–water partition coefficient (Wildman–Crippen LogP) is 18.7. The van der Waals surface area contributed by atoms with Crippen LogP contribution < -0.4 is 9.47 Å². The van der Waals surface area contributed by atoms with Gasteiger partial charge in [0.2, 0.25) is 0 Å². The average Bonchev–Trinajstić information content (AvgIpc) is 3.97. The minimum Gasteiger partial charge on any atom is -0.494 e. The first-order chi connectivity index (χ1) is 33.6. The van der Waals surface area contributed by atoms with E-state index in [1.54, 1.807) is 16.9 Å². The summed E-state index contributed by atoms with van der Waals surface area (Å²) in [6.45, 7) is 16.4. The molecule has 1 heterocycles. The van der Waals surface area contributed by atoms with Gasteiger partial charge in [0.25, 0.3) is 0 Å². The van der Waals surface area contributed by atoms with Crippen molar-refractivity contribution in [3.05, 3.63) is 77.9 Å². The second kappa shape index (κ2) is 26.9. The number of unbranched alkanes of at least 4 members (excludes halogenated alkanes) is 12. The van der Waals surface area contributed by atoms with Gasteiger partial charge in [0, 0.05) is 23.9 Å². The molecule has 0 aliphatic heterocycles. The molecule has 69 heavy (non-hydrogen) atoms. The Bertz CT molecular complexity index is 2030. The number of hydrogen-bond acceptors (Lipinski definition) is 6. The summed E-state index contributed by atoms with van der Waals surface area (Å²) in [5.41, 5.74) is 4.72. The Kier molecular flexibility index (Phi) is 20.8. The number of benzene rings is 2. The maximum Gasteiger partial charge on any atom is 0.306 e. The smallest absolute Gasteiger partial charge is 0.306 e. The quantitative estimate of drug-likeness (QED) is 0.0301. The van der Waals surface area contributed by atoms with Crippen molar-refractivity contribution in [1.82, 2.24) is 0 Å². The van der Waals surface area contributed by atoms with E-state index in [1.165, 1.54) is 132 Å². The molecule has 3 saturated carbocycles. The summed E-state index contributed by atoms with van der Waals surface area (Å²) in [6, 6.07) is 20.9. The second-order valence-electron chi connectivity index (χ2n) is 23.2. The summed E-state index contributed by atoms with van der Waals surface area (Å²) >= 11 is 1.70. The lowest BCUT2D eigenvalue weighted by atomic mass is 9.47. The maximum absolute atomic E-state index is 13.0. The van der Waals surface area contributed by atoms with Crippen LogP contribution in [-0.2, 0) is 9.53 Å². The highest BCUT2D eigenvalue weighted by Gasteiger charge is 2.59. The van der Waals surface area contributed by atoms with Crippen molar-refractivity contribution in [1.29, 1.82) is 0 Å². The van der Waals surface area contributed by atoms with Gasteiger partial charge in [0.1, 0.15) is 22.6 Å². The molecule has 0 N–H and O–H groups in total. The standard InChI is InChI=1S/C63H93NO4S/c1-7-8-9-10-16-19-44-67-53-32-27-50(28-33-53)59-37-38-60(69-59)64-46-49-25-30-52(31-26-49)66-43-20-17-14-12-11-13-15-18-24-61(65)68-54-39-41-62(5)51(45-54)29-34-55-57-36-35-56(48(4)23-21-22-47(2)3)63(57,6)42-40-58(55)62/h25-33,37-38,46-48,54-58H,7-24,34-36,39-45H2,1-6H3/b64-46+/t48-,54?,55+,56-,57+,58+,62+,63-/m1/s1. The van der Waals surface area contributed by atoms with Gasteiger partial charge in [-0.2, -0.15) is 0 Å². The van der Waals surface area contributed by atoms with Crippen LogP contribution in [0.4, 0.5) is 5.00 Å². The number of carbonyl (C=O) groups is 1. The van der Waals surface area contributed by atoms with E-state index in [4.69, 9.17) is 19.2 Å². The molecule has 5 nitrogen and oxygen atoms in total. The van der Waals surface area contributed by atoms with Gasteiger partial charge in [-0.05, 0) is 182 Å². The minimum atomic E-state index is 0.0309. The van der Waals surface area contributed by atoms with Gasteiger partial charge >= 0.3 is 5.97 Å². The number of hydrogen-bond donors (Lipinski definition) is 0. The SMILES string of the molecule is CCCCCCCCOc1ccc(-c2ccc(/N=C/c3ccc(OCCCCCCCCCCC(=O)OC4CC[C@@]5(C)C(=CC[C@H]6[C@@H]7CC[C@H]([C@H](C)CCCC(C)C)[C@@]7(C)CC[C@@H]65)C4)cc3)s2)cc1. The molecule has 7 rings (SSSR count). The van der Waals surface area contributed by atoms with Crippen molar-refractivity contribution in [2.45, 2.75) is 215 Å². The fourth-order valence-electron chi connectivity index (χ4n) is 13.7. The number of rotatable bonds is 29. The van der Waals surface area contributed by atoms with Crippen LogP contribution in [0.5, 0.6) is 11.5 Å². The van der Waals surface area contributed by atoms with Crippen LogP contribution in [0, 0.1) is 46.3 Å². The number of allylic oxidation sites excluding steroid dienone is 1. The first kappa shape index (κ1) is 53.4. The van der Waals surface area contributed by atoms with Gasteiger partial charge < -0.3 is 14.2 Å². The van der Waals surface area contributed by atoms with Gasteiger partial charge in [-0.25, -0.2) is 4.99 Å². The van der Waals surface area contributed by atoms with Gasteiger partial charge in [0.05, 0.1) is 13.2 Å². The Morgan fingerprint density at radius 1 is 0.710 bits per heavy atom. The zero-order valence-electron chi connectivity index (χ0n) is 44.3. The number of esters is 1. The van der Waals surface area contributed by atoms with Crippen LogP contribution in [0.2, 0.25) is 0 Å². The Morgan fingerprint density at radius 2 is 1.36 bits per heavy atom. The van der Waals surface area contributed by atoms with E-state index in [0.29, 0.717) is 17.3 Å². The van der Waals surface area contributed by atoms with E-state index in [2.05, 4.69) is 96.1 Å². The second-order valence-corrected chi connectivity index (χ2v) is 24.2. The van der Waals surface area contributed by atoms with Crippen molar-refractivity contribution in [3.63, 3.8) is 0 Å². The molecule has 0 spiro atoms. The molecule has 0 saturated heterocycles. The van der Waals surface area contributed by atoms with E-state index < -0.39 is 0 Å². The molecule has 380 valence electrons. The van der Waals surface area contributed by atoms with E-state index in [-0.39, 0.29) is 12.1 Å². The van der Waals surface area contributed by atoms with E-state index in [9.17, 15) is 4.79 Å². The molecule has 4 aliphatic carbocycles. The Balaban J connectivity index is 0.701. The molecule has 0 amide bonds. The summed E-state index contributed by atoms with van der Waals surface area (Å²) in [5.74, 6) is 7.04. The number of aliphatic imine (C=N–C) groups is 1. The van der Waals surface area contributed by atoms with Crippen LogP contribution in [-0.4, -0.2) is 31.5 Å². The molecule has 6 heteroatoms. The van der Waals surface area contributed by atoms with Crippen LogP contribution >= 0.6 is 11.3 Å². The number of ether oxygens (including phenoxy) is 3. The zero-order chi connectivity index (χ0) is 48.5. The molecule has 1 aromatic heterocycles. The lowest BCUT2D eigenvalue weighted by Crippen LogP contribution is -2.51. The van der Waals surface area contributed by atoms with Gasteiger partial charge in [-0.15, -0.1) is 11.3 Å². The van der Waals surface area contributed by atoms with E-state index in [1.807, 2.05) is 18.3 Å². The Morgan fingerprint density at radius 3 is 2.04 bits per heavy atom. The number of fused-ring (bicyclic) bond motifs is 5. The third-order valence-corrected chi connectivity index (χ3v) is 18.9. The fraction of sp³-hybridized carbons (Fsp3) is 0.683. The third kappa shape index (κ3) is 15.1. The molecule has 4 aliphatic rings. The van der Waals surface area contributed by atoms with Crippen molar-refractivity contribution >= 4 is 28.5 Å². The number of nitrogens with zero attached hydrogens (tertiary/aromatic N) is 1. The Hall–Kier alpha value is -3.38. The van der Waals surface area contributed by atoms with Gasteiger partial charge in [-0.1, -0.05) is 143 Å².